The van der Waals surface area contributed by atoms with E-state index >= 15 is 0 Å². The standard InChI is InChI=1S/C21H34ClNO2/c1-13(2)18-10-19(22)15(4)9-21(18)25-12-17(24)11-23-20-8-6-7-14(3)16(20)5/h9-10,13-14,16-17,20,23-24H,6-8,11-12H2,1-5H3/t14-,16+,17-,20-/m1/s1. The second kappa shape index (κ2) is 9.25. The Kier molecular flexibility index (Phi) is 7.60. The summed E-state index contributed by atoms with van der Waals surface area (Å²) in [6.07, 6.45) is 3.28. The van der Waals surface area contributed by atoms with Gasteiger partial charge in [-0.15, -0.1) is 0 Å². The topological polar surface area (TPSA) is 41.5 Å². The monoisotopic (exact) mass is 367 g/mol. The molecule has 0 radical (unpaired) electrons. The molecule has 0 amide bonds. The van der Waals surface area contributed by atoms with Gasteiger partial charge in [-0.3, -0.25) is 0 Å². The van der Waals surface area contributed by atoms with Crippen LogP contribution >= 0.6 is 11.6 Å². The predicted molar refractivity (Wildman–Crippen MR) is 106 cm³/mol. The van der Waals surface area contributed by atoms with Gasteiger partial charge in [-0.1, -0.05) is 52.1 Å². The van der Waals surface area contributed by atoms with Crippen molar-refractivity contribution in [3.63, 3.8) is 0 Å². The first-order valence-electron chi connectivity index (χ1n) is 9.63. The van der Waals surface area contributed by atoms with E-state index in [9.17, 15) is 5.11 Å². The zero-order chi connectivity index (χ0) is 18.6. The van der Waals surface area contributed by atoms with E-state index in [1.54, 1.807) is 0 Å². The van der Waals surface area contributed by atoms with Crippen LogP contribution in [-0.4, -0.2) is 30.4 Å². The maximum atomic E-state index is 10.3. The first-order valence-corrected chi connectivity index (χ1v) is 10.0. The molecule has 1 aliphatic rings. The van der Waals surface area contributed by atoms with Crippen molar-refractivity contribution >= 4 is 11.6 Å². The predicted octanol–water partition coefficient (Wildman–Crippen LogP) is 4.93. The molecule has 0 aliphatic heterocycles. The third-order valence-electron chi connectivity index (χ3n) is 5.67. The third-order valence-corrected chi connectivity index (χ3v) is 6.07. The SMILES string of the molecule is Cc1cc(OC[C@H](O)CN[C@@H]2CCC[C@@H](C)[C@@H]2C)c(C(C)C)cc1Cl. The van der Waals surface area contributed by atoms with Crippen LogP contribution in [0.3, 0.4) is 0 Å². The Morgan fingerprint density at radius 2 is 2.00 bits per heavy atom. The van der Waals surface area contributed by atoms with Gasteiger partial charge in [0.05, 0.1) is 0 Å². The number of hydrogen-bond acceptors (Lipinski definition) is 3. The van der Waals surface area contributed by atoms with Gasteiger partial charge in [0.2, 0.25) is 0 Å². The van der Waals surface area contributed by atoms with Crippen LogP contribution in [0.25, 0.3) is 0 Å². The number of aliphatic hydroxyl groups excluding tert-OH is 1. The molecular formula is C21H34ClNO2. The normalized spacial score (nSPS) is 25.2. The molecule has 4 atom stereocenters. The fraction of sp³-hybridized carbons (Fsp3) is 0.714. The summed E-state index contributed by atoms with van der Waals surface area (Å²) in [7, 11) is 0. The van der Waals surface area contributed by atoms with Crippen LogP contribution in [0.5, 0.6) is 5.75 Å². The Morgan fingerprint density at radius 1 is 1.28 bits per heavy atom. The van der Waals surface area contributed by atoms with Crippen molar-refractivity contribution in [2.45, 2.75) is 71.9 Å². The zero-order valence-corrected chi connectivity index (χ0v) is 17.1. The van der Waals surface area contributed by atoms with E-state index < -0.39 is 6.10 Å². The second-order valence-corrected chi connectivity index (χ2v) is 8.45. The molecule has 1 aromatic carbocycles. The summed E-state index contributed by atoms with van der Waals surface area (Å²) in [4.78, 5) is 0. The molecule has 2 N–H and O–H groups in total. The zero-order valence-electron chi connectivity index (χ0n) is 16.3. The van der Waals surface area contributed by atoms with E-state index in [0.29, 0.717) is 31.0 Å². The Balaban J connectivity index is 1.87. The van der Waals surface area contributed by atoms with Gasteiger partial charge in [-0.2, -0.15) is 0 Å². The highest BCUT2D eigenvalue weighted by molar-refractivity contribution is 6.31. The number of aliphatic hydroxyl groups is 1. The third kappa shape index (κ3) is 5.60. The lowest BCUT2D eigenvalue weighted by atomic mass is 9.78. The molecule has 4 heteroatoms. The van der Waals surface area contributed by atoms with Gasteiger partial charge in [-0.05, 0) is 54.4 Å². The van der Waals surface area contributed by atoms with E-state index in [1.165, 1.54) is 19.3 Å². The first kappa shape index (κ1) is 20.5. The minimum Gasteiger partial charge on any atom is -0.491 e. The van der Waals surface area contributed by atoms with Crippen LogP contribution in [0, 0.1) is 18.8 Å². The van der Waals surface area contributed by atoms with Crippen LogP contribution < -0.4 is 10.1 Å². The van der Waals surface area contributed by atoms with Crippen molar-refractivity contribution < 1.29 is 9.84 Å². The summed E-state index contributed by atoms with van der Waals surface area (Å²) < 4.78 is 5.94. The van der Waals surface area contributed by atoms with Crippen LogP contribution in [0.4, 0.5) is 0 Å². The Hall–Kier alpha value is -0.770. The van der Waals surface area contributed by atoms with E-state index in [2.05, 4.69) is 33.0 Å². The average Bonchev–Trinajstić information content (AvgIpc) is 2.56. The number of ether oxygens (including phenoxy) is 1. The molecule has 0 bridgehead atoms. The number of aryl methyl sites for hydroxylation is 1. The fourth-order valence-electron chi connectivity index (χ4n) is 3.65. The van der Waals surface area contributed by atoms with Gasteiger partial charge in [0.15, 0.2) is 0 Å². The minimum absolute atomic E-state index is 0.296. The summed E-state index contributed by atoms with van der Waals surface area (Å²) in [6, 6.07) is 4.46. The molecule has 3 nitrogen and oxygen atoms in total. The lowest BCUT2D eigenvalue weighted by molar-refractivity contribution is 0.0941. The molecule has 0 heterocycles. The second-order valence-electron chi connectivity index (χ2n) is 8.04. The van der Waals surface area contributed by atoms with Crippen LogP contribution in [-0.2, 0) is 0 Å². The van der Waals surface area contributed by atoms with Gasteiger partial charge < -0.3 is 15.2 Å². The molecule has 2 rings (SSSR count). The molecule has 142 valence electrons. The minimum atomic E-state index is -0.513. The number of nitrogens with one attached hydrogen (secondary N) is 1. The molecule has 0 unspecified atom stereocenters. The first-order chi connectivity index (χ1) is 11.8. The number of hydrogen-bond donors (Lipinski definition) is 2. The average molecular weight is 368 g/mol. The van der Waals surface area contributed by atoms with Crippen LogP contribution in [0.15, 0.2) is 12.1 Å². The van der Waals surface area contributed by atoms with Gasteiger partial charge in [0.1, 0.15) is 18.5 Å². The summed E-state index contributed by atoms with van der Waals surface area (Å²) in [6.45, 7) is 11.7. The van der Waals surface area contributed by atoms with Crippen molar-refractivity contribution in [1.29, 1.82) is 0 Å². The fourth-order valence-corrected chi connectivity index (χ4v) is 3.82. The summed E-state index contributed by atoms with van der Waals surface area (Å²) >= 11 is 6.24. The molecule has 1 aliphatic carbocycles. The molecule has 1 aromatic rings. The molecule has 25 heavy (non-hydrogen) atoms. The Bertz CT molecular complexity index is 561. The Morgan fingerprint density at radius 3 is 2.68 bits per heavy atom. The lowest BCUT2D eigenvalue weighted by Gasteiger charge is -2.35. The lowest BCUT2D eigenvalue weighted by Crippen LogP contribution is -2.44. The highest BCUT2D eigenvalue weighted by atomic mass is 35.5. The molecule has 1 fully saturated rings. The smallest absolute Gasteiger partial charge is 0.123 e. The maximum Gasteiger partial charge on any atom is 0.123 e. The molecule has 0 aromatic heterocycles. The highest BCUT2D eigenvalue weighted by Gasteiger charge is 2.27. The molecule has 0 saturated heterocycles. The number of halogens is 1. The molecule has 1 saturated carbocycles. The summed E-state index contributed by atoms with van der Waals surface area (Å²) in [5.74, 6) is 2.57. The van der Waals surface area contributed by atoms with Crippen molar-refractivity contribution in [3.8, 4) is 5.75 Å². The summed E-state index contributed by atoms with van der Waals surface area (Å²) in [5, 5.41) is 14.6. The van der Waals surface area contributed by atoms with Crippen molar-refractivity contribution in [2.75, 3.05) is 13.2 Å². The van der Waals surface area contributed by atoms with Gasteiger partial charge in [0.25, 0.3) is 0 Å². The molecule has 0 spiro atoms. The highest BCUT2D eigenvalue weighted by Crippen LogP contribution is 2.32. The number of benzene rings is 1. The Labute approximate surface area is 158 Å². The molecular weight excluding hydrogens is 334 g/mol. The maximum absolute atomic E-state index is 10.3. The van der Waals surface area contributed by atoms with Crippen molar-refractivity contribution in [3.05, 3.63) is 28.3 Å². The van der Waals surface area contributed by atoms with Gasteiger partial charge in [-0.25, -0.2) is 0 Å². The van der Waals surface area contributed by atoms with Crippen LogP contribution in [0.1, 0.15) is 64.0 Å². The van der Waals surface area contributed by atoms with E-state index in [1.807, 2.05) is 19.1 Å². The number of rotatable bonds is 7. The quantitative estimate of drug-likeness (QED) is 0.718. The van der Waals surface area contributed by atoms with E-state index in [4.69, 9.17) is 16.3 Å². The van der Waals surface area contributed by atoms with Crippen molar-refractivity contribution in [2.24, 2.45) is 11.8 Å². The largest absolute Gasteiger partial charge is 0.491 e. The summed E-state index contributed by atoms with van der Waals surface area (Å²) in [5.41, 5.74) is 2.09. The van der Waals surface area contributed by atoms with Crippen LogP contribution in [0.2, 0.25) is 5.02 Å². The van der Waals surface area contributed by atoms with Gasteiger partial charge in [0, 0.05) is 17.6 Å². The van der Waals surface area contributed by atoms with E-state index in [0.717, 1.165) is 27.8 Å². The van der Waals surface area contributed by atoms with Gasteiger partial charge >= 0.3 is 0 Å². The van der Waals surface area contributed by atoms with Crippen molar-refractivity contribution in [1.82, 2.24) is 5.32 Å². The van der Waals surface area contributed by atoms with E-state index in [-0.39, 0.29) is 0 Å².